The molecule has 1 amide bonds. The zero-order valence-electron chi connectivity index (χ0n) is 12.8. The van der Waals surface area contributed by atoms with Gasteiger partial charge in [-0.2, -0.15) is 0 Å². The largest absolute Gasteiger partial charge is 0.438 e. The molecule has 0 fully saturated rings. The Bertz CT molecular complexity index is 838. The molecule has 0 saturated heterocycles. The van der Waals surface area contributed by atoms with Gasteiger partial charge in [0.05, 0.1) is 0 Å². The molecule has 24 heavy (non-hydrogen) atoms. The molecule has 1 aromatic heterocycles. The summed E-state index contributed by atoms with van der Waals surface area (Å²) in [4.78, 5) is 16.6. The summed E-state index contributed by atoms with van der Waals surface area (Å²) < 4.78 is 6.70. The number of amides is 1. The van der Waals surface area contributed by atoms with E-state index < -0.39 is 0 Å². The first-order valence-corrected chi connectivity index (χ1v) is 8.22. The van der Waals surface area contributed by atoms with Gasteiger partial charge in [0.25, 0.3) is 5.91 Å². The van der Waals surface area contributed by atoms with E-state index in [0.717, 1.165) is 10.0 Å². The van der Waals surface area contributed by atoms with Gasteiger partial charge in [-0.25, -0.2) is 4.98 Å². The first-order chi connectivity index (χ1) is 11.7. The lowest BCUT2D eigenvalue weighted by Crippen LogP contribution is -2.23. The Morgan fingerprint density at radius 2 is 1.88 bits per heavy atom. The Kier molecular flexibility index (Phi) is 5.23. The van der Waals surface area contributed by atoms with Crippen molar-refractivity contribution >= 4 is 21.8 Å². The molecule has 3 rings (SSSR count). The van der Waals surface area contributed by atoms with Crippen LogP contribution in [0.5, 0.6) is 11.6 Å². The molecule has 0 atom stereocenters. The molecule has 0 spiro atoms. The number of benzene rings is 2. The summed E-state index contributed by atoms with van der Waals surface area (Å²) in [7, 11) is 0. The Morgan fingerprint density at radius 3 is 2.67 bits per heavy atom. The molecule has 0 bridgehead atoms. The zero-order valence-corrected chi connectivity index (χ0v) is 14.4. The Hall–Kier alpha value is -2.66. The smallest absolute Gasteiger partial charge is 0.257 e. The van der Waals surface area contributed by atoms with Crippen molar-refractivity contribution < 1.29 is 9.53 Å². The van der Waals surface area contributed by atoms with E-state index in [9.17, 15) is 4.79 Å². The van der Waals surface area contributed by atoms with Gasteiger partial charge in [-0.05, 0) is 42.0 Å². The number of ether oxygens (including phenoxy) is 1. The summed E-state index contributed by atoms with van der Waals surface area (Å²) in [5.41, 5.74) is 1.41. The Labute approximate surface area is 148 Å². The normalized spacial score (nSPS) is 10.2. The monoisotopic (exact) mass is 382 g/mol. The molecule has 4 nitrogen and oxygen atoms in total. The third-order valence-corrected chi connectivity index (χ3v) is 3.81. The number of rotatable bonds is 5. The first kappa shape index (κ1) is 16.2. The second-order valence-electron chi connectivity index (χ2n) is 5.08. The van der Waals surface area contributed by atoms with Crippen molar-refractivity contribution in [2.24, 2.45) is 0 Å². The SMILES string of the molecule is O=C(NCc1cccc(Br)c1)c1cccnc1Oc1ccccc1. The quantitative estimate of drug-likeness (QED) is 0.703. The predicted octanol–water partition coefficient (Wildman–Crippen LogP) is 4.57. The predicted molar refractivity (Wildman–Crippen MR) is 96.1 cm³/mol. The number of para-hydroxylation sites is 1. The molecular weight excluding hydrogens is 368 g/mol. The highest BCUT2D eigenvalue weighted by Crippen LogP contribution is 2.22. The summed E-state index contributed by atoms with van der Waals surface area (Å²) in [5.74, 6) is 0.696. The van der Waals surface area contributed by atoms with Crippen molar-refractivity contribution in [3.63, 3.8) is 0 Å². The van der Waals surface area contributed by atoms with E-state index in [1.807, 2.05) is 54.6 Å². The number of nitrogens with zero attached hydrogens (tertiary/aromatic N) is 1. The average Bonchev–Trinajstić information content (AvgIpc) is 2.61. The van der Waals surface area contributed by atoms with E-state index in [4.69, 9.17) is 4.74 Å². The zero-order chi connectivity index (χ0) is 16.8. The average molecular weight is 383 g/mol. The molecule has 0 unspecified atom stereocenters. The van der Waals surface area contributed by atoms with Crippen LogP contribution in [0.4, 0.5) is 0 Å². The van der Waals surface area contributed by atoms with Gasteiger partial charge in [0.15, 0.2) is 0 Å². The number of hydrogen-bond donors (Lipinski definition) is 1. The summed E-state index contributed by atoms with van der Waals surface area (Å²) in [6.45, 7) is 0.429. The number of carbonyl (C=O) groups excluding carboxylic acids is 1. The van der Waals surface area contributed by atoms with Crippen LogP contribution in [0.15, 0.2) is 77.4 Å². The lowest BCUT2D eigenvalue weighted by molar-refractivity contribution is 0.0948. The minimum absolute atomic E-state index is 0.228. The third kappa shape index (κ3) is 4.20. The van der Waals surface area contributed by atoms with Crippen LogP contribution in [0.3, 0.4) is 0 Å². The van der Waals surface area contributed by atoms with Crippen LogP contribution < -0.4 is 10.1 Å². The van der Waals surface area contributed by atoms with Gasteiger partial charge in [-0.15, -0.1) is 0 Å². The van der Waals surface area contributed by atoms with E-state index in [1.165, 1.54) is 0 Å². The third-order valence-electron chi connectivity index (χ3n) is 3.32. The van der Waals surface area contributed by atoms with Crippen LogP contribution in [0.25, 0.3) is 0 Å². The van der Waals surface area contributed by atoms with Gasteiger partial charge in [-0.3, -0.25) is 4.79 Å². The van der Waals surface area contributed by atoms with Crippen LogP contribution in [0.2, 0.25) is 0 Å². The number of pyridine rings is 1. The topological polar surface area (TPSA) is 51.2 Å². The minimum atomic E-state index is -0.228. The van der Waals surface area contributed by atoms with Crippen LogP contribution in [0, 0.1) is 0 Å². The van der Waals surface area contributed by atoms with Crippen LogP contribution in [-0.4, -0.2) is 10.9 Å². The highest BCUT2D eigenvalue weighted by atomic mass is 79.9. The molecule has 0 aliphatic carbocycles. The fourth-order valence-corrected chi connectivity index (χ4v) is 2.62. The van der Waals surface area contributed by atoms with Gasteiger partial charge in [0.1, 0.15) is 11.3 Å². The Morgan fingerprint density at radius 1 is 1.04 bits per heavy atom. The fourth-order valence-electron chi connectivity index (χ4n) is 2.17. The van der Waals surface area contributed by atoms with Gasteiger partial charge >= 0.3 is 0 Å². The molecule has 2 aromatic carbocycles. The van der Waals surface area contributed by atoms with Gasteiger partial charge < -0.3 is 10.1 Å². The maximum absolute atomic E-state index is 12.5. The van der Waals surface area contributed by atoms with E-state index in [0.29, 0.717) is 17.9 Å². The number of hydrogen-bond acceptors (Lipinski definition) is 3. The van der Waals surface area contributed by atoms with Gasteiger partial charge in [-0.1, -0.05) is 46.3 Å². The lowest BCUT2D eigenvalue weighted by atomic mass is 10.2. The summed E-state index contributed by atoms with van der Waals surface area (Å²) >= 11 is 3.42. The lowest BCUT2D eigenvalue weighted by Gasteiger charge is -2.10. The molecular formula is C19H15BrN2O2. The molecule has 3 aromatic rings. The van der Waals surface area contributed by atoms with Gasteiger partial charge in [0, 0.05) is 17.2 Å². The van der Waals surface area contributed by atoms with Crippen molar-refractivity contribution in [3.8, 4) is 11.6 Å². The van der Waals surface area contributed by atoms with E-state index in [-0.39, 0.29) is 11.8 Å². The maximum Gasteiger partial charge on any atom is 0.257 e. The van der Waals surface area contributed by atoms with E-state index in [2.05, 4.69) is 26.2 Å². The van der Waals surface area contributed by atoms with E-state index in [1.54, 1.807) is 18.3 Å². The van der Waals surface area contributed by atoms with Crippen molar-refractivity contribution in [3.05, 3.63) is 88.5 Å². The molecule has 120 valence electrons. The second kappa shape index (κ2) is 7.75. The number of halogens is 1. The molecule has 0 saturated carbocycles. The van der Waals surface area contributed by atoms with Crippen molar-refractivity contribution in [2.75, 3.05) is 0 Å². The second-order valence-corrected chi connectivity index (χ2v) is 6.00. The van der Waals surface area contributed by atoms with Crippen LogP contribution in [-0.2, 0) is 6.54 Å². The molecule has 0 radical (unpaired) electrons. The molecule has 5 heteroatoms. The van der Waals surface area contributed by atoms with Crippen molar-refractivity contribution in [1.29, 1.82) is 0 Å². The first-order valence-electron chi connectivity index (χ1n) is 7.43. The molecule has 1 N–H and O–H groups in total. The van der Waals surface area contributed by atoms with Gasteiger partial charge in [0.2, 0.25) is 5.88 Å². The van der Waals surface area contributed by atoms with Crippen molar-refractivity contribution in [1.82, 2.24) is 10.3 Å². The van der Waals surface area contributed by atoms with Crippen LogP contribution in [0.1, 0.15) is 15.9 Å². The number of nitrogens with one attached hydrogen (secondary N) is 1. The molecule has 0 aliphatic heterocycles. The van der Waals surface area contributed by atoms with Crippen molar-refractivity contribution in [2.45, 2.75) is 6.54 Å². The highest BCUT2D eigenvalue weighted by Gasteiger charge is 2.14. The summed E-state index contributed by atoms with van der Waals surface area (Å²) in [6.07, 6.45) is 1.60. The highest BCUT2D eigenvalue weighted by molar-refractivity contribution is 9.10. The number of carbonyl (C=O) groups is 1. The summed E-state index contributed by atoms with van der Waals surface area (Å²) in [6, 6.07) is 20.5. The minimum Gasteiger partial charge on any atom is -0.438 e. The van der Waals surface area contributed by atoms with E-state index >= 15 is 0 Å². The number of aromatic nitrogens is 1. The fraction of sp³-hybridized carbons (Fsp3) is 0.0526. The molecule has 0 aliphatic rings. The van der Waals surface area contributed by atoms with Crippen LogP contribution >= 0.6 is 15.9 Å². The standard InChI is InChI=1S/C19H15BrN2O2/c20-15-7-4-6-14(12-15)13-22-18(23)17-10-5-11-21-19(17)24-16-8-2-1-3-9-16/h1-12H,13H2,(H,22,23). The molecule has 1 heterocycles. The Balaban J connectivity index is 1.73. The summed E-state index contributed by atoms with van der Waals surface area (Å²) in [5, 5.41) is 2.89. The maximum atomic E-state index is 12.5.